The van der Waals surface area contributed by atoms with Crippen molar-refractivity contribution in [1.82, 2.24) is 4.90 Å². The van der Waals surface area contributed by atoms with Gasteiger partial charge in [-0.25, -0.2) is 0 Å². The Balaban J connectivity index is 2.34. The Morgan fingerprint density at radius 3 is 2.57 bits per heavy atom. The van der Waals surface area contributed by atoms with Gasteiger partial charge >= 0.3 is 12.1 Å². The molecule has 1 amide bonds. The molecule has 21 heavy (non-hydrogen) atoms. The Morgan fingerprint density at radius 2 is 2.00 bits per heavy atom. The fourth-order valence-electron chi connectivity index (χ4n) is 2.81. The number of rotatable bonds is 1. The molecule has 2 rings (SSSR count). The van der Waals surface area contributed by atoms with E-state index in [-0.39, 0.29) is 12.5 Å². The predicted molar refractivity (Wildman–Crippen MR) is 72.3 cm³/mol. The van der Waals surface area contributed by atoms with Crippen LogP contribution in [-0.2, 0) is 11.2 Å². The largest absolute Gasteiger partial charge is 0.497 e. The standard InChI is InChI=1S/C15H18F3NO2/c1-9-8-19(14(20)15(16,17)18)10(2)6-11-7-12(21-3)4-5-13(9)11/h4-5,7,9-10H,6,8H2,1-3H3. The molecule has 0 saturated heterocycles. The molecule has 2 unspecified atom stereocenters. The Kier molecular flexibility index (Phi) is 4.16. The van der Waals surface area contributed by atoms with Crippen LogP contribution in [0.2, 0.25) is 0 Å². The molecule has 6 heteroatoms. The number of nitrogens with zero attached hydrogens (tertiary/aromatic N) is 1. The van der Waals surface area contributed by atoms with Crippen LogP contribution in [0.1, 0.15) is 30.9 Å². The first-order valence-corrected chi connectivity index (χ1v) is 6.78. The van der Waals surface area contributed by atoms with Gasteiger partial charge in [-0.2, -0.15) is 13.2 Å². The van der Waals surface area contributed by atoms with Crippen molar-refractivity contribution in [1.29, 1.82) is 0 Å². The van der Waals surface area contributed by atoms with Gasteiger partial charge < -0.3 is 9.64 Å². The van der Waals surface area contributed by atoms with Crippen LogP contribution >= 0.6 is 0 Å². The van der Waals surface area contributed by atoms with Crippen LogP contribution in [0.25, 0.3) is 0 Å². The van der Waals surface area contributed by atoms with E-state index in [4.69, 9.17) is 4.74 Å². The first-order valence-electron chi connectivity index (χ1n) is 6.78. The smallest absolute Gasteiger partial charge is 0.471 e. The number of alkyl halides is 3. The number of halogens is 3. The van der Waals surface area contributed by atoms with Gasteiger partial charge in [-0.05, 0) is 42.5 Å². The highest BCUT2D eigenvalue weighted by molar-refractivity contribution is 5.82. The third-order valence-corrected chi connectivity index (χ3v) is 3.90. The number of amides is 1. The maximum Gasteiger partial charge on any atom is 0.471 e. The quantitative estimate of drug-likeness (QED) is 0.797. The molecule has 116 valence electrons. The van der Waals surface area contributed by atoms with Crippen LogP contribution in [0.15, 0.2) is 18.2 Å². The highest BCUT2D eigenvalue weighted by Gasteiger charge is 2.45. The van der Waals surface area contributed by atoms with Crippen LogP contribution in [0.4, 0.5) is 13.2 Å². The molecular formula is C15H18F3NO2. The number of carbonyl (C=O) groups excluding carboxylic acids is 1. The second-order valence-corrected chi connectivity index (χ2v) is 5.47. The third-order valence-electron chi connectivity index (χ3n) is 3.90. The second-order valence-electron chi connectivity index (χ2n) is 5.47. The van der Waals surface area contributed by atoms with Crippen molar-refractivity contribution >= 4 is 5.91 Å². The topological polar surface area (TPSA) is 29.5 Å². The first kappa shape index (κ1) is 15.7. The minimum Gasteiger partial charge on any atom is -0.497 e. The molecule has 0 aromatic heterocycles. The summed E-state index contributed by atoms with van der Waals surface area (Å²) in [6.45, 7) is 3.55. The normalized spacial score (nSPS) is 22.5. The van der Waals surface area contributed by atoms with E-state index in [2.05, 4.69) is 0 Å². The van der Waals surface area contributed by atoms with Gasteiger partial charge in [0.25, 0.3) is 0 Å². The van der Waals surface area contributed by atoms with Gasteiger partial charge in [-0.3, -0.25) is 4.79 Å². The molecule has 0 N–H and O–H groups in total. The molecule has 0 spiro atoms. The molecule has 0 fully saturated rings. The number of carbonyl (C=O) groups is 1. The summed E-state index contributed by atoms with van der Waals surface area (Å²) in [5.41, 5.74) is 1.91. The van der Waals surface area contributed by atoms with E-state index in [9.17, 15) is 18.0 Å². The van der Waals surface area contributed by atoms with Crippen molar-refractivity contribution in [3.8, 4) is 5.75 Å². The van der Waals surface area contributed by atoms with Crippen molar-refractivity contribution in [2.45, 2.75) is 38.4 Å². The summed E-state index contributed by atoms with van der Waals surface area (Å²) in [5, 5.41) is 0. The molecular weight excluding hydrogens is 283 g/mol. The lowest BCUT2D eigenvalue weighted by Crippen LogP contribution is -2.47. The molecule has 1 aromatic rings. The number of benzene rings is 1. The highest BCUT2D eigenvalue weighted by atomic mass is 19.4. The molecule has 1 aliphatic heterocycles. The number of hydrogen-bond donors (Lipinski definition) is 0. The molecule has 0 radical (unpaired) electrons. The van der Waals surface area contributed by atoms with Gasteiger partial charge in [-0.15, -0.1) is 0 Å². The van der Waals surface area contributed by atoms with Crippen LogP contribution in [0.3, 0.4) is 0 Å². The van der Waals surface area contributed by atoms with Gasteiger partial charge in [0.15, 0.2) is 0 Å². The average Bonchev–Trinajstić information content (AvgIpc) is 2.53. The Hall–Kier alpha value is -1.72. The van der Waals surface area contributed by atoms with E-state index in [1.807, 2.05) is 19.1 Å². The zero-order chi connectivity index (χ0) is 15.8. The van der Waals surface area contributed by atoms with E-state index < -0.39 is 18.1 Å². The summed E-state index contributed by atoms with van der Waals surface area (Å²) >= 11 is 0. The van der Waals surface area contributed by atoms with E-state index in [1.165, 1.54) is 0 Å². The average molecular weight is 301 g/mol. The van der Waals surface area contributed by atoms with Crippen LogP contribution in [0, 0.1) is 0 Å². The maximum absolute atomic E-state index is 12.7. The molecule has 1 aliphatic rings. The van der Waals surface area contributed by atoms with Gasteiger partial charge in [0.05, 0.1) is 7.11 Å². The minimum atomic E-state index is -4.83. The molecule has 0 aliphatic carbocycles. The van der Waals surface area contributed by atoms with E-state index in [1.54, 1.807) is 20.1 Å². The molecule has 0 bridgehead atoms. The van der Waals surface area contributed by atoms with E-state index in [0.717, 1.165) is 16.0 Å². The van der Waals surface area contributed by atoms with Crippen molar-refractivity contribution in [2.24, 2.45) is 0 Å². The summed E-state index contributed by atoms with van der Waals surface area (Å²) in [6.07, 6.45) is -4.44. The molecule has 3 nitrogen and oxygen atoms in total. The zero-order valence-corrected chi connectivity index (χ0v) is 12.2. The van der Waals surface area contributed by atoms with E-state index in [0.29, 0.717) is 12.2 Å². The summed E-state index contributed by atoms with van der Waals surface area (Å²) in [4.78, 5) is 12.5. The number of methoxy groups -OCH3 is 1. The highest BCUT2D eigenvalue weighted by Crippen LogP contribution is 2.32. The Labute approximate surface area is 121 Å². The summed E-state index contributed by atoms with van der Waals surface area (Å²) in [7, 11) is 1.55. The van der Waals surface area contributed by atoms with E-state index >= 15 is 0 Å². The maximum atomic E-state index is 12.7. The lowest BCUT2D eigenvalue weighted by atomic mass is 9.94. The fraction of sp³-hybridized carbons (Fsp3) is 0.533. The van der Waals surface area contributed by atoms with Crippen molar-refractivity contribution in [3.05, 3.63) is 29.3 Å². The number of hydrogen-bond acceptors (Lipinski definition) is 2. The van der Waals surface area contributed by atoms with Crippen LogP contribution < -0.4 is 4.74 Å². The van der Waals surface area contributed by atoms with Crippen molar-refractivity contribution < 1.29 is 22.7 Å². The predicted octanol–water partition coefficient (Wildman–Crippen LogP) is 3.13. The third kappa shape index (κ3) is 3.14. The monoisotopic (exact) mass is 301 g/mol. The van der Waals surface area contributed by atoms with Gasteiger partial charge in [0, 0.05) is 12.6 Å². The molecule has 0 saturated carbocycles. The minimum absolute atomic E-state index is 0.0683. The van der Waals surface area contributed by atoms with Gasteiger partial charge in [0.2, 0.25) is 0 Å². The van der Waals surface area contributed by atoms with Crippen molar-refractivity contribution in [3.63, 3.8) is 0 Å². The van der Waals surface area contributed by atoms with Gasteiger partial charge in [-0.1, -0.05) is 13.0 Å². The fourth-order valence-corrected chi connectivity index (χ4v) is 2.81. The molecule has 1 aromatic carbocycles. The second kappa shape index (κ2) is 5.58. The lowest BCUT2D eigenvalue weighted by molar-refractivity contribution is -0.187. The summed E-state index contributed by atoms with van der Waals surface area (Å²) in [6, 6.07) is 4.99. The Morgan fingerprint density at radius 1 is 1.33 bits per heavy atom. The first-order chi connectivity index (χ1) is 9.74. The number of fused-ring (bicyclic) bond motifs is 1. The number of ether oxygens (including phenoxy) is 1. The van der Waals surface area contributed by atoms with Gasteiger partial charge in [0.1, 0.15) is 5.75 Å². The zero-order valence-electron chi connectivity index (χ0n) is 12.2. The summed E-state index contributed by atoms with van der Waals surface area (Å²) in [5.74, 6) is -1.24. The molecule has 2 atom stereocenters. The summed E-state index contributed by atoms with van der Waals surface area (Å²) < 4.78 is 43.3. The van der Waals surface area contributed by atoms with Crippen molar-refractivity contribution in [2.75, 3.05) is 13.7 Å². The molecule has 1 heterocycles. The Bertz CT molecular complexity index is 542. The lowest BCUT2D eigenvalue weighted by Gasteiger charge is -2.29. The SMILES string of the molecule is COc1ccc2c(c1)CC(C)N(C(=O)C(F)(F)F)CC2C. The van der Waals surface area contributed by atoms with Crippen LogP contribution in [0.5, 0.6) is 5.75 Å². The van der Waals surface area contributed by atoms with Crippen LogP contribution in [-0.4, -0.2) is 36.7 Å².